The van der Waals surface area contributed by atoms with Gasteiger partial charge in [-0.15, -0.1) is 0 Å². The van der Waals surface area contributed by atoms with Gasteiger partial charge >= 0.3 is 0 Å². The van der Waals surface area contributed by atoms with Crippen LogP contribution in [-0.2, 0) is 0 Å². The van der Waals surface area contributed by atoms with Gasteiger partial charge in [0.15, 0.2) is 0 Å². The smallest absolute Gasteiger partial charge is 0.0771 e. The Morgan fingerprint density at radius 3 is 0.750 bits per heavy atom. The third-order valence-corrected chi connectivity index (χ3v) is 9.91. The molecule has 0 spiro atoms. The summed E-state index contributed by atoms with van der Waals surface area (Å²) in [4.78, 5) is 0. The zero-order chi connectivity index (χ0) is 19.0. The van der Waals surface area contributed by atoms with Crippen molar-refractivity contribution >= 4 is 48.9 Å². The topological polar surface area (TPSA) is 0 Å². The maximum Gasteiger partial charge on any atom is 0.0796 e. The Labute approximate surface area is 170 Å². The molecule has 0 nitrogen and oxygen atoms in total. The molecule has 4 aromatic carbocycles. The third kappa shape index (κ3) is 4.48. The first-order chi connectivity index (χ1) is 13.9. The molecule has 0 fully saturated rings. The highest BCUT2D eigenvalue weighted by molar-refractivity contribution is 7.03. The predicted octanol–water partition coefficient (Wildman–Crippen LogP) is 2.37. The quantitative estimate of drug-likeness (QED) is 0.459. The molecule has 0 aliphatic carbocycles. The van der Waals surface area contributed by atoms with Crippen molar-refractivity contribution in [3.8, 4) is 0 Å². The van der Waals surface area contributed by atoms with Crippen molar-refractivity contribution in [2.75, 3.05) is 0 Å². The van der Waals surface area contributed by atoms with Gasteiger partial charge in [0.25, 0.3) is 0 Å². The Balaban J connectivity index is 1.87. The molecule has 2 heteroatoms. The van der Waals surface area contributed by atoms with E-state index in [1.54, 1.807) is 0 Å². The molecule has 0 saturated carbocycles. The average molecular weight is 391 g/mol. The van der Waals surface area contributed by atoms with Gasteiger partial charge in [-0.1, -0.05) is 133 Å². The van der Waals surface area contributed by atoms with E-state index in [9.17, 15) is 0 Å². The van der Waals surface area contributed by atoms with E-state index in [4.69, 9.17) is 0 Å². The highest BCUT2D eigenvalue weighted by atomic mass is 28.2. The lowest BCUT2D eigenvalue weighted by Gasteiger charge is -2.09. The van der Waals surface area contributed by atoms with Gasteiger partial charge in [0.05, 0.1) is 16.8 Å². The standard InChI is InChI=1S/C26H22Si2/c1-5-13-23(14-6-1)27(24-15-7-2-8-16-24)21-22-28(25-17-9-3-10-18-25)26-19-11-4-12-20-26/h1-22H. The van der Waals surface area contributed by atoms with Crippen LogP contribution in [0.4, 0.5) is 0 Å². The minimum absolute atomic E-state index is 0.964. The van der Waals surface area contributed by atoms with E-state index in [2.05, 4.69) is 133 Å². The Morgan fingerprint density at radius 1 is 0.321 bits per heavy atom. The molecule has 134 valence electrons. The van der Waals surface area contributed by atoms with Gasteiger partial charge in [0, 0.05) is 0 Å². The van der Waals surface area contributed by atoms with Crippen LogP contribution in [0.15, 0.2) is 121 Å². The third-order valence-electron chi connectivity index (χ3n) is 4.76. The number of hydrogen-bond acceptors (Lipinski definition) is 0. The molecule has 0 aliphatic rings. The summed E-state index contributed by atoms with van der Waals surface area (Å²) in [6, 6.07) is 43.7. The lowest BCUT2D eigenvalue weighted by molar-refractivity contribution is 1.74. The molecule has 0 aliphatic heterocycles. The van der Waals surface area contributed by atoms with Crippen LogP contribution in [-0.4, -0.2) is 28.2 Å². The van der Waals surface area contributed by atoms with E-state index in [1.807, 2.05) is 0 Å². The van der Waals surface area contributed by atoms with E-state index in [0.717, 1.165) is 0 Å². The molecule has 0 bridgehead atoms. The van der Waals surface area contributed by atoms with Gasteiger partial charge in [-0.2, -0.15) is 0 Å². The fraction of sp³-hybridized carbons (Fsp3) is 0. The molecule has 0 N–H and O–H groups in total. The van der Waals surface area contributed by atoms with Gasteiger partial charge in [-0.05, 0) is 20.7 Å². The molecule has 0 unspecified atom stereocenters. The first kappa shape index (κ1) is 18.4. The lowest BCUT2D eigenvalue weighted by atomic mass is 10.4. The second kappa shape index (κ2) is 9.31. The number of benzene rings is 4. The Kier molecular flexibility index (Phi) is 6.12. The van der Waals surface area contributed by atoms with Crippen molar-refractivity contribution in [1.82, 2.24) is 0 Å². The molecule has 28 heavy (non-hydrogen) atoms. The van der Waals surface area contributed by atoms with Crippen molar-refractivity contribution in [3.63, 3.8) is 0 Å². The highest BCUT2D eigenvalue weighted by Gasteiger charge is 2.08. The average Bonchev–Trinajstić information content (AvgIpc) is 2.79. The van der Waals surface area contributed by atoms with Crippen LogP contribution in [0.5, 0.6) is 0 Å². The fourth-order valence-corrected chi connectivity index (χ4v) is 8.33. The van der Waals surface area contributed by atoms with Crippen molar-refractivity contribution in [3.05, 3.63) is 121 Å². The van der Waals surface area contributed by atoms with Crippen LogP contribution >= 0.6 is 0 Å². The van der Waals surface area contributed by atoms with Gasteiger partial charge in [-0.25, -0.2) is 0 Å². The summed E-state index contributed by atoms with van der Waals surface area (Å²) in [7, 11) is -1.93. The van der Waals surface area contributed by atoms with Gasteiger partial charge in [-0.3, -0.25) is 0 Å². The second-order valence-corrected chi connectivity index (χ2v) is 11.3. The molecule has 0 atom stereocenters. The van der Waals surface area contributed by atoms with E-state index >= 15 is 0 Å². The van der Waals surface area contributed by atoms with Crippen LogP contribution in [0.25, 0.3) is 0 Å². The van der Waals surface area contributed by atoms with Crippen LogP contribution in [0.1, 0.15) is 0 Å². The Morgan fingerprint density at radius 2 is 0.536 bits per heavy atom. The van der Waals surface area contributed by atoms with Crippen molar-refractivity contribution < 1.29 is 0 Å². The van der Waals surface area contributed by atoms with Crippen molar-refractivity contribution in [2.45, 2.75) is 0 Å². The van der Waals surface area contributed by atoms with E-state index in [0.29, 0.717) is 0 Å². The summed E-state index contributed by atoms with van der Waals surface area (Å²) >= 11 is 0. The normalized spacial score (nSPS) is 10.1. The zero-order valence-electron chi connectivity index (χ0n) is 15.7. The first-order valence-electron chi connectivity index (χ1n) is 9.55. The summed E-state index contributed by atoms with van der Waals surface area (Å²) in [6.07, 6.45) is 0. The second-order valence-electron chi connectivity index (χ2n) is 6.62. The maximum atomic E-state index is 2.50. The molecule has 0 heterocycles. The molecule has 0 saturated heterocycles. The summed E-state index contributed by atoms with van der Waals surface area (Å²) in [5, 5.41) is 5.71. The SMILES string of the molecule is C(C=[Si](c1ccccc1)c1ccccc1)=[Si](c1ccccc1)c1ccccc1. The fourth-order valence-electron chi connectivity index (χ4n) is 3.36. The summed E-state index contributed by atoms with van der Waals surface area (Å²) in [5.41, 5.74) is 5.01. The number of hydrogen-bond donors (Lipinski definition) is 0. The monoisotopic (exact) mass is 390 g/mol. The molecule has 0 radical (unpaired) electrons. The highest BCUT2D eigenvalue weighted by Crippen LogP contribution is 1.90. The van der Waals surface area contributed by atoms with Crippen LogP contribution < -0.4 is 20.7 Å². The van der Waals surface area contributed by atoms with E-state index < -0.39 is 16.8 Å². The van der Waals surface area contributed by atoms with E-state index in [1.165, 1.54) is 20.7 Å². The molecular weight excluding hydrogens is 368 g/mol. The summed E-state index contributed by atoms with van der Waals surface area (Å²) in [5.74, 6) is 0. The summed E-state index contributed by atoms with van der Waals surface area (Å²) in [6.45, 7) is 0. The predicted molar refractivity (Wildman–Crippen MR) is 128 cm³/mol. The van der Waals surface area contributed by atoms with Gasteiger partial charge in [0.1, 0.15) is 0 Å². The minimum Gasteiger partial charge on any atom is -0.0771 e. The molecule has 0 amide bonds. The maximum absolute atomic E-state index is 2.50. The van der Waals surface area contributed by atoms with Crippen LogP contribution in [0.2, 0.25) is 0 Å². The Hall–Kier alpha value is -2.95. The van der Waals surface area contributed by atoms with Gasteiger partial charge in [0.2, 0.25) is 0 Å². The zero-order valence-corrected chi connectivity index (χ0v) is 17.7. The van der Waals surface area contributed by atoms with E-state index in [-0.39, 0.29) is 0 Å². The lowest BCUT2D eigenvalue weighted by Crippen LogP contribution is -2.40. The minimum atomic E-state index is -0.964. The van der Waals surface area contributed by atoms with Gasteiger partial charge < -0.3 is 0 Å². The van der Waals surface area contributed by atoms with Crippen LogP contribution in [0.3, 0.4) is 0 Å². The molecule has 0 aromatic heterocycles. The molecule has 4 rings (SSSR count). The Bertz CT molecular complexity index is 894. The number of rotatable bonds is 5. The van der Waals surface area contributed by atoms with Crippen LogP contribution in [0, 0.1) is 0 Å². The van der Waals surface area contributed by atoms with Crippen molar-refractivity contribution in [2.24, 2.45) is 0 Å². The summed E-state index contributed by atoms with van der Waals surface area (Å²) < 4.78 is 0. The van der Waals surface area contributed by atoms with Crippen molar-refractivity contribution in [1.29, 1.82) is 0 Å². The molecule has 4 aromatic rings. The first-order valence-corrected chi connectivity index (χ1v) is 12.7. The largest absolute Gasteiger partial charge is 0.0796 e. The molecular formula is C26H22Si2.